The highest BCUT2D eigenvalue weighted by Gasteiger charge is 2.41. The Morgan fingerprint density at radius 3 is 2.71 bits per heavy atom. The second-order valence-electron chi connectivity index (χ2n) is 5.64. The van der Waals surface area contributed by atoms with Gasteiger partial charge in [0.2, 0.25) is 5.91 Å². The number of benzene rings is 1. The van der Waals surface area contributed by atoms with Gasteiger partial charge in [-0.1, -0.05) is 13.0 Å². The Kier molecular flexibility index (Phi) is 5.07. The van der Waals surface area contributed by atoms with Crippen molar-refractivity contribution in [2.75, 3.05) is 18.9 Å². The Balaban J connectivity index is 1.75. The number of hydrogen-bond donors (Lipinski definition) is 2. The summed E-state index contributed by atoms with van der Waals surface area (Å²) in [4.78, 5) is 12.2. The summed E-state index contributed by atoms with van der Waals surface area (Å²) in [5, 5.41) is 2.92. The number of amides is 1. The fraction of sp³-hybridized carbons (Fsp3) is 0.562. The van der Waals surface area contributed by atoms with Gasteiger partial charge in [-0.3, -0.25) is 4.79 Å². The van der Waals surface area contributed by atoms with Gasteiger partial charge in [0.15, 0.2) is 0 Å². The van der Waals surface area contributed by atoms with E-state index in [1.165, 1.54) is 0 Å². The summed E-state index contributed by atoms with van der Waals surface area (Å²) in [5.74, 6) is 0.890. The molecule has 1 amide bonds. The molecule has 1 heterocycles. The van der Waals surface area contributed by atoms with Crippen LogP contribution in [0.4, 0.5) is 5.69 Å². The molecule has 5 nitrogen and oxygen atoms in total. The molecular formula is C16H24N2O3. The van der Waals surface area contributed by atoms with Gasteiger partial charge in [-0.05, 0) is 31.9 Å². The quantitative estimate of drug-likeness (QED) is 0.641. The number of carbonyl (C=O) groups is 1. The lowest BCUT2D eigenvalue weighted by atomic mass is 9.89. The number of nitrogens with two attached hydrogens (primary N) is 1. The molecule has 1 aliphatic rings. The van der Waals surface area contributed by atoms with E-state index in [0.29, 0.717) is 24.6 Å². The fourth-order valence-electron chi connectivity index (χ4n) is 2.78. The van der Waals surface area contributed by atoms with Crippen molar-refractivity contribution in [3.8, 4) is 5.75 Å². The summed E-state index contributed by atoms with van der Waals surface area (Å²) in [7, 11) is 0. The van der Waals surface area contributed by atoms with Gasteiger partial charge in [0.25, 0.3) is 0 Å². The number of nitrogens with one attached hydrogen (secondary N) is 1. The van der Waals surface area contributed by atoms with Crippen LogP contribution in [0.1, 0.15) is 20.8 Å². The number of hydrogen-bond acceptors (Lipinski definition) is 4. The minimum absolute atomic E-state index is 0.0372. The first-order chi connectivity index (χ1) is 9.99. The summed E-state index contributed by atoms with van der Waals surface area (Å²) < 4.78 is 11.2. The van der Waals surface area contributed by atoms with E-state index in [9.17, 15) is 4.79 Å². The summed E-state index contributed by atoms with van der Waals surface area (Å²) in [5.41, 5.74) is 6.34. The molecule has 2 rings (SSSR count). The van der Waals surface area contributed by atoms with Crippen LogP contribution in [0.3, 0.4) is 0 Å². The summed E-state index contributed by atoms with van der Waals surface area (Å²) >= 11 is 0. The molecule has 5 heteroatoms. The SMILES string of the molecule is CC1OC(C)C(C(=O)NCCOc2cccc(N)c2)C1C. The van der Waals surface area contributed by atoms with Gasteiger partial charge in [-0.25, -0.2) is 0 Å². The van der Waals surface area contributed by atoms with E-state index in [4.69, 9.17) is 15.2 Å². The van der Waals surface area contributed by atoms with Gasteiger partial charge >= 0.3 is 0 Å². The molecule has 116 valence electrons. The highest BCUT2D eigenvalue weighted by atomic mass is 16.5. The molecule has 1 aromatic rings. The lowest BCUT2D eigenvalue weighted by molar-refractivity contribution is -0.127. The Hall–Kier alpha value is -1.75. The molecule has 4 atom stereocenters. The zero-order valence-electron chi connectivity index (χ0n) is 12.8. The summed E-state index contributed by atoms with van der Waals surface area (Å²) in [6.45, 7) is 6.91. The van der Waals surface area contributed by atoms with Crippen LogP contribution in [0.2, 0.25) is 0 Å². The van der Waals surface area contributed by atoms with Crippen LogP contribution in [0.25, 0.3) is 0 Å². The molecule has 3 N–H and O–H groups in total. The van der Waals surface area contributed by atoms with Crippen LogP contribution < -0.4 is 15.8 Å². The first-order valence-electron chi connectivity index (χ1n) is 7.40. The third-order valence-electron chi connectivity index (χ3n) is 4.07. The van der Waals surface area contributed by atoms with E-state index in [2.05, 4.69) is 12.2 Å². The van der Waals surface area contributed by atoms with E-state index in [1.54, 1.807) is 12.1 Å². The molecule has 1 aliphatic heterocycles. The van der Waals surface area contributed by atoms with Gasteiger partial charge in [-0.15, -0.1) is 0 Å². The smallest absolute Gasteiger partial charge is 0.226 e. The van der Waals surface area contributed by atoms with Crippen molar-refractivity contribution in [2.45, 2.75) is 33.0 Å². The van der Waals surface area contributed by atoms with Crippen molar-refractivity contribution in [1.82, 2.24) is 5.32 Å². The van der Waals surface area contributed by atoms with Crippen LogP contribution in [-0.4, -0.2) is 31.3 Å². The lowest BCUT2D eigenvalue weighted by Crippen LogP contribution is -2.39. The van der Waals surface area contributed by atoms with Crippen molar-refractivity contribution in [2.24, 2.45) is 11.8 Å². The van der Waals surface area contributed by atoms with E-state index >= 15 is 0 Å². The zero-order valence-corrected chi connectivity index (χ0v) is 12.8. The second kappa shape index (κ2) is 6.80. The van der Waals surface area contributed by atoms with E-state index in [0.717, 1.165) is 0 Å². The zero-order chi connectivity index (χ0) is 15.4. The second-order valence-corrected chi connectivity index (χ2v) is 5.64. The average Bonchev–Trinajstić information content (AvgIpc) is 2.68. The maximum absolute atomic E-state index is 12.2. The number of rotatable bonds is 5. The molecule has 0 spiro atoms. The lowest BCUT2D eigenvalue weighted by Gasteiger charge is -2.18. The molecule has 0 radical (unpaired) electrons. The maximum atomic E-state index is 12.2. The molecule has 1 saturated heterocycles. The Labute approximate surface area is 125 Å². The molecule has 21 heavy (non-hydrogen) atoms. The first-order valence-corrected chi connectivity index (χ1v) is 7.40. The highest BCUT2D eigenvalue weighted by Crippen LogP contribution is 2.32. The van der Waals surface area contributed by atoms with Crippen molar-refractivity contribution >= 4 is 11.6 Å². The molecule has 0 bridgehead atoms. The standard InChI is InChI=1S/C16H24N2O3/c1-10-11(2)21-12(3)15(10)16(19)18-7-8-20-14-6-4-5-13(17)9-14/h4-6,9-12,15H,7-8,17H2,1-3H3,(H,18,19). The normalized spacial score (nSPS) is 28.3. The Morgan fingerprint density at radius 2 is 2.10 bits per heavy atom. The van der Waals surface area contributed by atoms with Gasteiger partial charge in [0.05, 0.1) is 24.7 Å². The molecule has 0 aliphatic carbocycles. The minimum Gasteiger partial charge on any atom is -0.492 e. The first kappa shape index (κ1) is 15.6. The molecule has 4 unspecified atom stereocenters. The van der Waals surface area contributed by atoms with Crippen LogP contribution in [-0.2, 0) is 9.53 Å². The van der Waals surface area contributed by atoms with E-state index in [-0.39, 0.29) is 30.0 Å². The van der Waals surface area contributed by atoms with Crippen LogP contribution in [0.5, 0.6) is 5.75 Å². The number of carbonyl (C=O) groups excluding carboxylic acids is 1. The molecule has 0 aromatic heterocycles. The van der Waals surface area contributed by atoms with Crippen molar-refractivity contribution < 1.29 is 14.3 Å². The number of ether oxygens (including phenoxy) is 2. The Bertz CT molecular complexity index is 492. The largest absolute Gasteiger partial charge is 0.492 e. The summed E-state index contributed by atoms with van der Waals surface area (Å²) in [6.07, 6.45) is 0.0872. The van der Waals surface area contributed by atoms with Gasteiger partial charge in [-0.2, -0.15) is 0 Å². The number of anilines is 1. The average molecular weight is 292 g/mol. The third-order valence-corrected chi connectivity index (χ3v) is 4.07. The van der Waals surface area contributed by atoms with Crippen LogP contribution in [0.15, 0.2) is 24.3 Å². The van der Waals surface area contributed by atoms with Gasteiger partial charge in [0, 0.05) is 11.8 Å². The van der Waals surface area contributed by atoms with Gasteiger partial charge < -0.3 is 20.5 Å². The third kappa shape index (κ3) is 3.88. The van der Waals surface area contributed by atoms with E-state index < -0.39 is 0 Å². The van der Waals surface area contributed by atoms with Crippen molar-refractivity contribution in [3.63, 3.8) is 0 Å². The van der Waals surface area contributed by atoms with Crippen LogP contribution >= 0.6 is 0 Å². The van der Waals surface area contributed by atoms with Crippen molar-refractivity contribution in [3.05, 3.63) is 24.3 Å². The fourth-order valence-corrected chi connectivity index (χ4v) is 2.78. The minimum atomic E-state index is -0.0904. The predicted molar refractivity (Wildman–Crippen MR) is 82.0 cm³/mol. The van der Waals surface area contributed by atoms with Crippen LogP contribution in [0, 0.1) is 11.8 Å². The number of nitrogen functional groups attached to an aromatic ring is 1. The van der Waals surface area contributed by atoms with Crippen molar-refractivity contribution in [1.29, 1.82) is 0 Å². The van der Waals surface area contributed by atoms with Gasteiger partial charge in [0.1, 0.15) is 12.4 Å². The molecule has 1 fully saturated rings. The molecule has 1 aromatic carbocycles. The topological polar surface area (TPSA) is 73.6 Å². The Morgan fingerprint density at radius 1 is 1.33 bits per heavy atom. The summed E-state index contributed by atoms with van der Waals surface area (Å²) in [6, 6.07) is 7.25. The molecule has 0 saturated carbocycles. The predicted octanol–water partition coefficient (Wildman–Crippen LogP) is 1.82. The molecular weight excluding hydrogens is 268 g/mol. The maximum Gasteiger partial charge on any atom is 0.226 e. The highest BCUT2D eigenvalue weighted by molar-refractivity contribution is 5.79. The van der Waals surface area contributed by atoms with E-state index in [1.807, 2.05) is 26.0 Å². The monoisotopic (exact) mass is 292 g/mol.